The Morgan fingerprint density at radius 3 is 2.38 bits per heavy atom. The van der Waals surface area contributed by atoms with E-state index < -0.39 is 12.0 Å². The molecule has 0 bridgehead atoms. The predicted octanol–water partition coefficient (Wildman–Crippen LogP) is 2.36. The summed E-state index contributed by atoms with van der Waals surface area (Å²) in [6.07, 6.45) is 7.12. The van der Waals surface area contributed by atoms with Crippen molar-refractivity contribution >= 4 is 17.7 Å². The van der Waals surface area contributed by atoms with Gasteiger partial charge in [0.2, 0.25) is 0 Å². The van der Waals surface area contributed by atoms with Crippen LogP contribution in [0.25, 0.3) is 0 Å². The summed E-state index contributed by atoms with van der Waals surface area (Å²) in [7, 11) is 0. The maximum absolute atomic E-state index is 11.1. The molecule has 0 saturated heterocycles. The van der Waals surface area contributed by atoms with Crippen LogP contribution in [-0.4, -0.2) is 34.7 Å². The first kappa shape index (κ1) is 13.8. The highest BCUT2D eigenvalue weighted by atomic mass is 32.2. The standard InChI is InChI=1S/C12H23NO2S/c1-9(2)10(11(14)15)13-8-12(16-3)6-4-5-7-12/h9-10,13H,4-8H2,1-3H3,(H,14,15). The predicted molar refractivity (Wildman–Crippen MR) is 69.0 cm³/mol. The normalized spacial score (nSPS) is 21.2. The van der Waals surface area contributed by atoms with E-state index in [1.54, 1.807) is 0 Å². The van der Waals surface area contributed by atoms with Gasteiger partial charge in [0.1, 0.15) is 6.04 Å². The van der Waals surface area contributed by atoms with Gasteiger partial charge in [-0.3, -0.25) is 4.79 Å². The first-order valence-electron chi connectivity index (χ1n) is 6.02. The lowest BCUT2D eigenvalue weighted by Gasteiger charge is -2.30. The van der Waals surface area contributed by atoms with Gasteiger partial charge in [-0.2, -0.15) is 11.8 Å². The zero-order valence-electron chi connectivity index (χ0n) is 10.5. The van der Waals surface area contributed by atoms with Gasteiger partial charge in [-0.1, -0.05) is 26.7 Å². The summed E-state index contributed by atoms with van der Waals surface area (Å²) in [4.78, 5) is 11.1. The van der Waals surface area contributed by atoms with E-state index in [9.17, 15) is 4.79 Å². The van der Waals surface area contributed by atoms with Crippen LogP contribution in [-0.2, 0) is 4.79 Å². The summed E-state index contributed by atoms with van der Waals surface area (Å²) in [6.45, 7) is 4.72. The van der Waals surface area contributed by atoms with Crippen molar-refractivity contribution in [3.63, 3.8) is 0 Å². The van der Waals surface area contributed by atoms with Crippen molar-refractivity contribution in [1.29, 1.82) is 0 Å². The van der Waals surface area contributed by atoms with Gasteiger partial charge in [0.15, 0.2) is 0 Å². The van der Waals surface area contributed by atoms with Gasteiger partial charge in [-0.25, -0.2) is 0 Å². The fourth-order valence-corrected chi connectivity index (χ4v) is 3.30. The average Bonchev–Trinajstić information content (AvgIpc) is 2.66. The fourth-order valence-electron chi connectivity index (χ4n) is 2.38. The molecule has 1 unspecified atom stereocenters. The molecule has 1 aliphatic carbocycles. The first-order chi connectivity index (χ1) is 7.51. The molecule has 0 heterocycles. The average molecular weight is 245 g/mol. The van der Waals surface area contributed by atoms with Crippen molar-refractivity contribution in [1.82, 2.24) is 5.32 Å². The van der Waals surface area contributed by atoms with Crippen molar-refractivity contribution in [2.75, 3.05) is 12.8 Å². The lowest BCUT2D eigenvalue weighted by Crippen LogP contribution is -2.47. The molecule has 16 heavy (non-hydrogen) atoms. The number of carboxylic acid groups (broad SMARTS) is 1. The van der Waals surface area contributed by atoms with E-state index in [-0.39, 0.29) is 10.7 Å². The van der Waals surface area contributed by atoms with Gasteiger partial charge in [-0.05, 0) is 25.0 Å². The molecule has 0 spiro atoms. The minimum absolute atomic E-state index is 0.137. The highest BCUT2D eigenvalue weighted by molar-refractivity contribution is 8.00. The molecule has 2 N–H and O–H groups in total. The van der Waals surface area contributed by atoms with Crippen LogP contribution in [0.1, 0.15) is 39.5 Å². The van der Waals surface area contributed by atoms with Crippen LogP contribution >= 0.6 is 11.8 Å². The van der Waals surface area contributed by atoms with E-state index in [0.29, 0.717) is 0 Å². The third kappa shape index (κ3) is 3.39. The zero-order valence-corrected chi connectivity index (χ0v) is 11.3. The third-order valence-electron chi connectivity index (χ3n) is 3.52. The second-order valence-corrected chi connectivity index (χ2v) is 6.31. The molecule has 4 heteroatoms. The van der Waals surface area contributed by atoms with Crippen molar-refractivity contribution in [2.24, 2.45) is 5.92 Å². The molecule has 0 aromatic rings. The molecule has 3 nitrogen and oxygen atoms in total. The molecule has 1 saturated carbocycles. The minimum atomic E-state index is -0.732. The van der Waals surface area contributed by atoms with E-state index in [4.69, 9.17) is 5.11 Å². The Morgan fingerprint density at radius 1 is 1.44 bits per heavy atom. The Hall–Kier alpha value is -0.220. The van der Waals surface area contributed by atoms with Crippen LogP contribution < -0.4 is 5.32 Å². The third-order valence-corrected chi connectivity index (χ3v) is 4.94. The maximum Gasteiger partial charge on any atom is 0.320 e. The Bertz CT molecular complexity index is 237. The highest BCUT2D eigenvalue weighted by Crippen LogP contribution is 2.39. The van der Waals surface area contributed by atoms with Crippen LogP contribution in [0.5, 0.6) is 0 Å². The minimum Gasteiger partial charge on any atom is -0.480 e. The summed E-state index contributed by atoms with van der Waals surface area (Å²) < 4.78 is 0.280. The second kappa shape index (κ2) is 5.92. The number of hydrogen-bond donors (Lipinski definition) is 2. The quantitative estimate of drug-likeness (QED) is 0.754. The number of carboxylic acids is 1. The second-order valence-electron chi connectivity index (χ2n) is 5.04. The Morgan fingerprint density at radius 2 is 2.00 bits per heavy atom. The molecular formula is C12H23NO2S. The number of carbonyl (C=O) groups is 1. The molecule has 0 amide bonds. The Labute approximate surface area is 102 Å². The molecule has 0 aromatic heterocycles. The van der Waals surface area contributed by atoms with E-state index in [0.717, 1.165) is 6.54 Å². The Balaban J connectivity index is 2.50. The lowest BCUT2D eigenvalue weighted by molar-refractivity contribution is -0.140. The van der Waals surface area contributed by atoms with Crippen molar-refractivity contribution in [2.45, 2.75) is 50.3 Å². The number of nitrogens with one attached hydrogen (secondary N) is 1. The van der Waals surface area contributed by atoms with E-state index in [2.05, 4.69) is 11.6 Å². The number of rotatable bonds is 6. The van der Waals surface area contributed by atoms with Gasteiger partial charge in [0.05, 0.1) is 0 Å². The van der Waals surface area contributed by atoms with Crippen LogP contribution in [0.2, 0.25) is 0 Å². The van der Waals surface area contributed by atoms with Crippen molar-refractivity contribution in [3.8, 4) is 0 Å². The molecule has 0 aliphatic heterocycles. The van der Waals surface area contributed by atoms with Crippen LogP contribution in [0.15, 0.2) is 0 Å². The monoisotopic (exact) mass is 245 g/mol. The summed E-state index contributed by atoms with van der Waals surface area (Å²) in [5.41, 5.74) is 0. The molecule has 1 atom stereocenters. The number of hydrogen-bond acceptors (Lipinski definition) is 3. The van der Waals surface area contributed by atoms with Crippen LogP contribution in [0.4, 0.5) is 0 Å². The van der Waals surface area contributed by atoms with Crippen molar-refractivity contribution < 1.29 is 9.90 Å². The number of thioether (sulfide) groups is 1. The SMILES string of the molecule is CSC1(CNC(C(=O)O)C(C)C)CCCC1. The largest absolute Gasteiger partial charge is 0.480 e. The zero-order chi connectivity index (χ0) is 12.2. The number of aliphatic carboxylic acids is 1. The van der Waals surface area contributed by atoms with Gasteiger partial charge in [0, 0.05) is 11.3 Å². The molecule has 1 fully saturated rings. The molecule has 94 valence electrons. The van der Waals surface area contributed by atoms with Gasteiger partial charge < -0.3 is 10.4 Å². The van der Waals surface area contributed by atoms with Crippen LogP contribution in [0, 0.1) is 5.92 Å². The highest BCUT2D eigenvalue weighted by Gasteiger charge is 2.34. The molecular weight excluding hydrogens is 222 g/mol. The van der Waals surface area contributed by atoms with Gasteiger partial charge in [0.25, 0.3) is 0 Å². The lowest BCUT2D eigenvalue weighted by atomic mass is 10.0. The molecule has 1 rings (SSSR count). The summed E-state index contributed by atoms with van der Waals surface area (Å²) in [6, 6.07) is -0.412. The summed E-state index contributed by atoms with van der Waals surface area (Å²) in [5, 5.41) is 12.3. The van der Waals surface area contributed by atoms with Crippen molar-refractivity contribution in [3.05, 3.63) is 0 Å². The summed E-state index contributed by atoms with van der Waals surface area (Å²) >= 11 is 1.89. The van der Waals surface area contributed by atoms with E-state index in [1.807, 2.05) is 25.6 Å². The van der Waals surface area contributed by atoms with Gasteiger partial charge in [-0.15, -0.1) is 0 Å². The van der Waals surface area contributed by atoms with E-state index in [1.165, 1.54) is 25.7 Å². The fraction of sp³-hybridized carbons (Fsp3) is 0.917. The first-order valence-corrected chi connectivity index (χ1v) is 7.24. The molecule has 0 aromatic carbocycles. The Kier molecular flexibility index (Phi) is 5.12. The topological polar surface area (TPSA) is 49.3 Å². The van der Waals surface area contributed by atoms with E-state index >= 15 is 0 Å². The smallest absolute Gasteiger partial charge is 0.320 e. The molecule has 0 radical (unpaired) electrons. The summed E-state index contributed by atoms with van der Waals surface area (Å²) in [5.74, 6) is -0.595. The molecule has 1 aliphatic rings. The van der Waals surface area contributed by atoms with Crippen LogP contribution in [0.3, 0.4) is 0 Å². The maximum atomic E-state index is 11.1. The van der Waals surface area contributed by atoms with Gasteiger partial charge >= 0.3 is 5.97 Å².